The minimum atomic E-state index is -0.170. The summed E-state index contributed by atoms with van der Waals surface area (Å²) in [5.74, 6) is -0.170. The van der Waals surface area contributed by atoms with Crippen LogP contribution in [0.25, 0.3) is 0 Å². The summed E-state index contributed by atoms with van der Waals surface area (Å²) < 4.78 is 0. The molecule has 0 aliphatic rings. The third kappa shape index (κ3) is 22.4. The molecule has 0 aromatic carbocycles. The Morgan fingerprint density at radius 1 is 0.826 bits per heavy atom. The summed E-state index contributed by atoms with van der Waals surface area (Å²) >= 11 is 0. The molecule has 0 atom stereocenters. The summed E-state index contributed by atoms with van der Waals surface area (Å²) in [4.78, 5) is 16.1. The van der Waals surface area contributed by atoms with Crippen molar-refractivity contribution in [3.8, 4) is 0 Å². The van der Waals surface area contributed by atoms with E-state index in [1.807, 2.05) is 0 Å². The van der Waals surface area contributed by atoms with Gasteiger partial charge in [0, 0.05) is 19.5 Å². The van der Waals surface area contributed by atoms with Crippen molar-refractivity contribution >= 4 is 35.5 Å². The first kappa shape index (κ1) is 25.6. The molecule has 0 spiro atoms. The van der Waals surface area contributed by atoms with Crippen molar-refractivity contribution in [1.82, 2.24) is 5.48 Å². The number of nitrogens with one attached hydrogen (secondary N) is 1. The molecular weight excluding hydrogens is 299 g/mol. The van der Waals surface area contributed by atoms with E-state index in [2.05, 4.69) is 12.4 Å². The van der Waals surface area contributed by atoms with E-state index in [9.17, 15) is 4.79 Å². The monoisotopic (exact) mass is 338 g/mol. The maximum atomic E-state index is 11.3. The SMILES string of the molecule is CCCCCCCCCCCCCCCC(=O)ONCCN.[NaH]. The first-order chi connectivity index (χ1) is 10.8. The van der Waals surface area contributed by atoms with Crippen LogP contribution in [0.5, 0.6) is 0 Å². The summed E-state index contributed by atoms with van der Waals surface area (Å²) in [6.45, 7) is 3.26. The summed E-state index contributed by atoms with van der Waals surface area (Å²) in [5.41, 5.74) is 7.84. The molecule has 0 heterocycles. The molecule has 0 aromatic heterocycles. The van der Waals surface area contributed by atoms with E-state index in [4.69, 9.17) is 10.6 Å². The number of unbranched alkanes of at least 4 members (excludes halogenated alkanes) is 12. The summed E-state index contributed by atoms with van der Waals surface area (Å²) in [7, 11) is 0. The summed E-state index contributed by atoms with van der Waals surface area (Å²) in [6, 6.07) is 0. The number of hydrogen-bond donors (Lipinski definition) is 2. The van der Waals surface area contributed by atoms with Gasteiger partial charge in [0.25, 0.3) is 0 Å². The van der Waals surface area contributed by atoms with Gasteiger partial charge in [-0.15, -0.1) is 0 Å². The molecule has 0 aliphatic carbocycles. The van der Waals surface area contributed by atoms with E-state index in [1.165, 1.54) is 70.6 Å². The molecule has 0 rings (SSSR count). The third-order valence-corrected chi connectivity index (χ3v) is 3.92. The zero-order valence-electron chi connectivity index (χ0n) is 14.7. The van der Waals surface area contributed by atoms with Gasteiger partial charge < -0.3 is 10.6 Å². The molecule has 0 saturated heterocycles. The van der Waals surface area contributed by atoms with E-state index in [1.54, 1.807) is 0 Å². The van der Waals surface area contributed by atoms with Crippen molar-refractivity contribution in [3.63, 3.8) is 0 Å². The first-order valence-corrected chi connectivity index (χ1v) is 9.43. The minimum absolute atomic E-state index is 0. The fraction of sp³-hybridized carbons (Fsp3) is 0.944. The van der Waals surface area contributed by atoms with Crippen molar-refractivity contribution in [1.29, 1.82) is 0 Å². The van der Waals surface area contributed by atoms with Gasteiger partial charge in [-0.2, -0.15) is 5.48 Å². The Labute approximate surface area is 165 Å². The van der Waals surface area contributed by atoms with Gasteiger partial charge in [0.05, 0.1) is 0 Å². The third-order valence-electron chi connectivity index (χ3n) is 3.92. The van der Waals surface area contributed by atoms with Gasteiger partial charge in [-0.05, 0) is 6.42 Å². The van der Waals surface area contributed by atoms with Crippen LogP contribution in [-0.2, 0) is 9.63 Å². The fourth-order valence-electron chi connectivity index (χ4n) is 2.53. The Hall–Kier alpha value is 0.390. The Balaban J connectivity index is 0. The molecule has 0 unspecified atom stereocenters. The Morgan fingerprint density at radius 3 is 1.70 bits per heavy atom. The molecule has 0 bridgehead atoms. The second-order valence-electron chi connectivity index (χ2n) is 6.15. The van der Waals surface area contributed by atoms with Gasteiger partial charge in [0.1, 0.15) is 0 Å². The van der Waals surface area contributed by atoms with Gasteiger partial charge in [0.15, 0.2) is 0 Å². The molecule has 23 heavy (non-hydrogen) atoms. The molecular formula is C18H39N2NaO2. The van der Waals surface area contributed by atoms with Crippen molar-refractivity contribution in [2.24, 2.45) is 5.73 Å². The van der Waals surface area contributed by atoms with Gasteiger partial charge in [-0.25, -0.2) is 0 Å². The van der Waals surface area contributed by atoms with Crippen LogP contribution in [-0.4, -0.2) is 48.6 Å². The van der Waals surface area contributed by atoms with Crippen LogP contribution in [0.1, 0.15) is 96.8 Å². The zero-order valence-corrected chi connectivity index (χ0v) is 14.7. The van der Waals surface area contributed by atoms with Crippen LogP contribution in [0.4, 0.5) is 0 Å². The number of carbonyl (C=O) groups is 1. The summed E-state index contributed by atoms with van der Waals surface area (Å²) in [6.07, 6.45) is 17.6. The predicted octanol–water partition coefficient (Wildman–Crippen LogP) is 3.83. The van der Waals surface area contributed by atoms with E-state index in [0.717, 1.165) is 12.8 Å². The van der Waals surface area contributed by atoms with Crippen molar-refractivity contribution in [3.05, 3.63) is 0 Å². The molecule has 0 radical (unpaired) electrons. The number of hydroxylamine groups is 1. The molecule has 0 fully saturated rings. The molecule has 0 amide bonds. The van der Waals surface area contributed by atoms with E-state index < -0.39 is 0 Å². The number of hydrogen-bond acceptors (Lipinski definition) is 4. The first-order valence-electron chi connectivity index (χ1n) is 9.43. The number of carbonyl (C=O) groups excluding carboxylic acids is 1. The van der Waals surface area contributed by atoms with E-state index in [-0.39, 0.29) is 35.5 Å². The Morgan fingerprint density at radius 2 is 1.26 bits per heavy atom. The van der Waals surface area contributed by atoms with Crippen LogP contribution in [0.2, 0.25) is 0 Å². The molecule has 5 heteroatoms. The maximum absolute atomic E-state index is 11.3. The average molecular weight is 339 g/mol. The van der Waals surface area contributed by atoms with Crippen LogP contribution in [0.3, 0.4) is 0 Å². The van der Waals surface area contributed by atoms with Gasteiger partial charge in [-0.3, -0.25) is 4.79 Å². The van der Waals surface area contributed by atoms with Crippen LogP contribution >= 0.6 is 0 Å². The van der Waals surface area contributed by atoms with Gasteiger partial charge in [0.2, 0.25) is 0 Å². The molecule has 0 saturated carbocycles. The van der Waals surface area contributed by atoms with Crippen LogP contribution < -0.4 is 11.2 Å². The van der Waals surface area contributed by atoms with Gasteiger partial charge >= 0.3 is 35.5 Å². The summed E-state index contributed by atoms with van der Waals surface area (Å²) in [5, 5.41) is 0. The van der Waals surface area contributed by atoms with Crippen LogP contribution in [0, 0.1) is 0 Å². The predicted molar refractivity (Wildman–Crippen MR) is 101 cm³/mol. The van der Waals surface area contributed by atoms with Crippen molar-refractivity contribution in [2.75, 3.05) is 13.1 Å². The second kappa shape index (κ2) is 22.4. The van der Waals surface area contributed by atoms with E-state index >= 15 is 0 Å². The second-order valence-corrected chi connectivity index (χ2v) is 6.15. The fourth-order valence-corrected chi connectivity index (χ4v) is 2.53. The molecule has 0 aliphatic heterocycles. The van der Waals surface area contributed by atoms with E-state index in [0.29, 0.717) is 19.5 Å². The van der Waals surface area contributed by atoms with Crippen molar-refractivity contribution < 1.29 is 9.63 Å². The Bertz CT molecular complexity index is 241. The standard InChI is InChI=1S/C18H38N2O2.Na.H/c1-2-3-4-5-6-7-8-9-10-11-12-13-14-15-18(21)22-20-17-16-19;;/h20H,2-17,19H2,1H3;;. The number of nitrogens with two attached hydrogens (primary N) is 1. The van der Waals surface area contributed by atoms with Crippen molar-refractivity contribution in [2.45, 2.75) is 96.8 Å². The average Bonchev–Trinajstić information content (AvgIpc) is 2.52. The molecule has 3 N–H and O–H groups in total. The van der Waals surface area contributed by atoms with Crippen LogP contribution in [0.15, 0.2) is 0 Å². The Kier molecular flexibility index (Phi) is 24.9. The molecule has 0 aromatic rings. The molecule has 4 nitrogen and oxygen atoms in total. The normalized spacial score (nSPS) is 10.3. The zero-order chi connectivity index (χ0) is 16.3. The van der Waals surface area contributed by atoms with Gasteiger partial charge in [-0.1, -0.05) is 84.0 Å². The molecule has 134 valence electrons. The quantitative estimate of drug-likeness (QED) is 0.240. The number of rotatable bonds is 17. The topological polar surface area (TPSA) is 64.3 Å².